The number of nitrogens with zero attached hydrogens (tertiary/aromatic N) is 2. The molecule has 28 heavy (non-hydrogen) atoms. The van der Waals surface area contributed by atoms with Gasteiger partial charge in [0.15, 0.2) is 0 Å². The lowest BCUT2D eigenvalue weighted by Crippen LogP contribution is -2.57. The van der Waals surface area contributed by atoms with Crippen molar-refractivity contribution in [2.75, 3.05) is 40.0 Å². The summed E-state index contributed by atoms with van der Waals surface area (Å²) in [6.45, 7) is 10.0. The fourth-order valence-electron chi connectivity index (χ4n) is 3.64. The molecule has 1 aliphatic carbocycles. The molecule has 7 heteroatoms. The first-order valence-corrected chi connectivity index (χ1v) is 10.6. The van der Waals surface area contributed by atoms with Crippen LogP contribution in [0.5, 0.6) is 5.75 Å². The van der Waals surface area contributed by atoms with Crippen LogP contribution in [0.4, 0.5) is 4.79 Å². The van der Waals surface area contributed by atoms with Crippen LogP contribution in [0.3, 0.4) is 0 Å². The molecule has 2 fully saturated rings. The van der Waals surface area contributed by atoms with Crippen molar-refractivity contribution in [1.82, 2.24) is 9.80 Å². The molecular formula is C21H31BrN2O4. The first kappa shape index (κ1) is 21.4. The number of carbonyl (C=O) groups excluding carboxylic acids is 1. The van der Waals surface area contributed by atoms with Gasteiger partial charge in [-0.25, -0.2) is 4.79 Å². The summed E-state index contributed by atoms with van der Waals surface area (Å²) in [5.41, 5.74) is 0.629. The molecule has 0 aromatic heterocycles. The van der Waals surface area contributed by atoms with Crippen LogP contribution < -0.4 is 4.74 Å². The number of hydrogen-bond donors (Lipinski definition) is 0. The van der Waals surface area contributed by atoms with Gasteiger partial charge < -0.3 is 14.2 Å². The Morgan fingerprint density at radius 3 is 2.61 bits per heavy atom. The fraction of sp³-hybridized carbons (Fsp3) is 0.667. The lowest BCUT2D eigenvalue weighted by Gasteiger charge is -2.42. The predicted molar refractivity (Wildman–Crippen MR) is 112 cm³/mol. The Labute approximate surface area is 176 Å². The number of methoxy groups -OCH3 is 1. The van der Waals surface area contributed by atoms with E-state index in [2.05, 4.69) is 26.9 Å². The van der Waals surface area contributed by atoms with Crippen molar-refractivity contribution in [3.63, 3.8) is 0 Å². The topological polar surface area (TPSA) is 51.2 Å². The molecular weight excluding hydrogens is 424 g/mol. The summed E-state index contributed by atoms with van der Waals surface area (Å²) in [6, 6.07) is 6.16. The van der Waals surface area contributed by atoms with Gasteiger partial charge in [-0.3, -0.25) is 9.80 Å². The zero-order valence-corrected chi connectivity index (χ0v) is 18.9. The minimum atomic E-state index is -0.462. The first-order chi connectivity index (χ1) is 13.2. The van der Waals surface area contributed by atoms with Gasteiger partial charge in [0.1, 0.15) is 18.0 Å². The zero-order valence-electron chi connectivity index (χ0n) is 17.3. The molecule has 1 saturated carbocycles. The molecule has 3 rings (SSSR count). The van der Waals surface area contributed by atoms with Crippen molar-refractivity contribution in [3.8, 4) is 5.75 Å². The number of rotatable bonds is 6. The van der Waals surface area contributed by atoms with Crippen molar-refractivity contribution >= 4 is 22.0 Å². The summed E-state index contributed by atoms with van der Waals surface area (Å²) >= 11 is 3.52. The highest BCUT2D eigenvalue weighted by atomic mass is 79.9. The van der Waals surface area contributed by atoms with E-state index in [1.165, 1.54) is 0 Å². The van der Waals surface area contributed by atoms with Gasteiger partial charge >= 0.3 is 6.09 Å². The van der Waals surface area contributed by atoms with E-state index in [9.17, 15) is 4.79 Å². The van der Waals surface area contributed by atoms with Crippen molar-refractivity contribution in [2.45, 2.75) is 51.3 Å². The number of benzene rings is 1. The van der Waals surface area contributed by atoms with E-state index in [-0.39, 0.29) is 11.6 Å². The minimum Gasteiger partial charge on any atom is -0.491 e. The SMILES string of the molecule is COCCOc1cc(Br)ccc1CN1CCN(C(=O)OC(C)(C)C)C2(CC2)C1. The average Bonchev–Trinajstić information content (AvgIpc) is 3.35. The largest absolute Gasteiger partial charge is 0.491 e. The number of amides is 1. The van der Waals surface area contributed by atoms with Gasteiger partial charge in [-0.2, -0.15) is 0 Å². The van der Waals surface area contributed by atoms with E-state index in [4.69, 9.17) is 14.2 Å². The van der Waals surface area contributed by atoms with Crippen molar-refractivity contribution in [3.05, 3.63) is 28.2 Å². The van der Waals surface area contributed by atoms with Crippen LogP contribution in [-0.2, 0) is 16.0 Å². The second-order valence-electron chi connectivity index (χ2n) is 8.66. The molecule has 1 aromatic carbocycles. The van der Waals surface area contributed by atoms with E-state index < -0.39 is 5.60 Å². The number of hydrogen-bond acceptors (Lipinski definition) is 5. The third-order valence-corrected chi connectivity index (χ3v) is 5.63. The van der Waals surface area contributed by atoms with Crippen LogP contribution in [-0.4, -0.2) is 67.0 Å². The zero-order chi connectivity index (χ0) is 20.4. The monoisotopic (exact) mass is 454 g/mol. The maximum Gasteiger partial charge on any atom is 0.410 e. The summed E-state index contributed by atoms with van der Waals surface area (Å²) in [4.78, 5) is 17.0. The molecule has 1 heterocycles. The van der Waals surface area contributed by atoms with Crippen LogP contribution in [0.25, 0.3) is 0 Å². The van der Waals surface area contributed by atoms with Crippen molar-refractivity contribution in [1.29, 1.82) is 0 Å². The second kappa shape index (κ2) is 8.59. The van der Waals surface area contributed by atoms with E-state index in [1.54, 1.807) is 7.11 Å². The Morgan fingerprint density at radius 1 is 1.21 bits per heavy atom. The quantitative estimate of drug-likeness (QED) is 0.606. The molecule has 0 unspecified atom stereocenters. The Morgan fingerprint density at radius 2 is 1.96 bits per heavy atom. The van der Waals surface area contributed by atoms with E-state index in [0.717, 1.165) is 48.3 Å². The standard InChI is InChI=1S/C21H31BrN2O4/c1-20(2,3)28-19(25)24-10-9-23(15-21(24)7-8-21)14-16-5-6-17(22)13-18(16)27-12-11-26-4/h5-6,13H,7-12,14-15H2,1-4H3. The highest BCUT2D eigenvalue weighted by Gasteiger charge is 2.54. The predicted octanol–water partition coefficient (Wildman–Crippen LogP) is 4.06. The van der Waals surface area contributed by atoms with Crippen LogP contribution in [0.2, 0.25) is 0 Å². The summed E-state index contributed by atoms with van der Waals surface area (Å²) < 4.78 is 17.6. The fourth-order valence-corrected chi connectivity index (χ4v) is 3.98. The highest BCUT2D eigenvalue weighted by molar-refractivity contribution is 9.10. The molecule has 156 valence electrons. The van der Waals surface area contributed by atoms with Gasteiger partial charge in [0.05, 0.1) is 12.1 Å². The smallest absolute Gasteiger partial charge is 0.410 e. The Kier molecular flexibility index (Phi) is 6.57. The summed E-state index contributed by atoms with van der Waals surface area (Å²) in [7, 11) is 1.67. The molecule has 1 saturated heterocycles. The van der Waals surface area contributed by atoms with Crippen LogP contribution in [0.1, 0.15) is 39.2 Å². The molecule has 1 aromatic rings. The third-order valence-electron chi connectivity index (χ3n) is 5.14. The minimum absolute atomic E-state index is 0.0625. The molecule has 1 aliphatic heterocycles. The molecule has 1 spiro atoms. The second-order valence-corrected chi connectivity index (χ2v) is 9.58. The number of piperazine rings is 1. The van der Waals surface area contributed by atoms with Gasteiger partial charge in [-0.15, -0.1) is 0 Å². The average molecular weight is 455 g/mol. The van der Waals surface area contributed by atoms with Gasteiger partial charge in [0.25, 0.3) is 0 Å². The first-order valence-electron chi connectivity index (χ1n) is 9.86. The molecule has 1 amide bonds. The highest BCUT2D eigenvalue weighted by Crippen LogP contribution is 2.45. The Bertz CT molecular complexity index is 700. The van der Waals surface area contributed by atoms with Crippen molar-refractivity contribution < 1.29 is 19.0 Å². The van der Waals surface area contributed by atoms with Gasteiger partial charge in [-0.05, 0) is 45.7 Å². The van der Waals surface area contributed by atoms with Gasteiger partial charge in [0, 0.05) is 43.3 Å². The van der Waals surface area contributed by atoms with Crippen LogP contribution in [0.15, 0.2) is 22.7 Å². The summed E-state index contributed by atoms with van der Waals surface area (Å²) in [5.74, 6) is 0.880. The molecule has 0 N–H and O–H groups in total. The van der Waals surface area contributed by atoms with Crippen LogP contribution in [0, 0.1) is 0 Å². The van der Waals surface area contributed by atoms with E-state index in [0.29, 0.717) is 19.8 Å². The lowest BCUT2D eigenvalue weighted by molar-refractivity contribution is -0.00820. The molecule has 6 nitrogen and oxygen atoms in total. The van der Waals surface area contributed by atoms with Gasteiger partial charge in [0.2, 0.25) is 0 Å². The number of halogens is 1. The van der Waals surface area contributed by atoms with E-state index >= 15 is 0 Å². The maximum absolute atomic E-state index is 12.6. The maximum atomic E-state index is 12.6. The third kappa shape index (κ3) is 5.39. The lowest BCUT2D eigenvalue weighted by atomic mass is 10.1. The molecule has 2 aliphatic rings. The number of ether oxygens (including phenoxy) is 3. The molecule has 0 atom stereocenters. The molecule has 0 bridgehead atoms. The van der Waals surface area contributed by atoms with E-state index in [1.807, 2.05) is 37.8 Å². The van der Waals surface area contributed by atoms with Crippen LogP contribution >= 0.6 is 15.9 Å². The summed E-state index contributed by atoms with van der Waals surface area (Å²) in [6.07, 6.45) is 1.90. The Balaban J connectivity index is 1.64. The Hall–Kier alpha value is -1.31. The summed E-state index contributed by atoms with van der Waals surface area (Å²) in [5, 5.41) is 0. The number of carbonyl (C=O) groups is 1. The normalized spacial score (nSPS) is 19.0. The van der Waals surface area contributed by atoms with Gasteiger partial charge in [-0.1, -0.05) is 22.0 Å². The molecule has 0 radical (unpaired) electrons. The van der Waals surface area contributed by atoms with Crippen molar-refractivity contribution in [2.24, 2.45) is 0 Å².